The maximum atomic E-state index is 12.6. The molecular formula is C21H26N2O3. The molecule has 2 aromatic carbocycles. The van der Waals surface area contributed by atoms with Crippen LogP contribution >= 0.6 is 0 Å². The molecule has 0 radical (unpaired) electrons. The fraction of sp³-hybridized carbons (Fsp3) is 0.381. The van der Waals surface area contributed by atoms with Gasteiger partial charge < -0.3 is 20.1 Å². The normalized spacial score (nSPS) is 12.0. The second-order valence-electron chi connectivity index (χ2n) is 6.15. The fourth-order valence-electron chi connectivity index (χ4n) is 3.05. The van der Waals surface area contributed by atoms with Crippen molar-refractivity contribution in [3.8, 4) is 22.6 Å². The van der Waals surface area contributed by atoms with Crippen LogP contribution in [0.2, 0.25) is 0 Å². The first-order chi connectivity index (χ1) is 12.7. The van der Waals surface area contributed by atoms with Crippen molar-refractivity contribution in [3.63, 3.8) is 0 Å². The van der Waals surface area contributed by atoms with Crippen LogP contribution in [0.1, 0.15) is 29.8 Å². The molecule has 3 rings (SSSR count). The van der Waals surface area contributed by atoms with Gasteiger partial charge in [-0.3, -0.25) is 4.79 Å². The Kier molecular flexibility index (Phi) is 6.26. The average Bonchev–Trinajstić information content (AvgIpc) is 2.94. The van der Waals surface area contributed by atoms with Crippen LogP contribution in [0.25, 0.3) is 11.1 Å². The molecular weight excluding hydrogens is 328 g/mol. The number of hydrogen-bond acceptors (Lipinski definition) is 5. The van der Waals surface area contributed by atoms with Gasteiger partial charge in [-0.05, 0) is 60.6 Å². The smallest absolute Gasteiger partial charge is 0.194 e. The Morgan fingerprint density at radius 1 is 0.731 bits per heavy atom. The largest absolute Gasteiger partial charge is 0.492 e. The number of ether oxygens (including phenoxy) is 2. The molecule has 0 saturated heterocycles. The van der Waals surface area contributed by atoms with E-state index in [1.54, 1.807) is 0 Å². The van der Waals surface area contributed by atoms with Crippen molar-refractivity contribution in [2.45, 2.75) is 13.8 Å². The number of carbonyl (C=O) groups is 1. The molecule has 0 saturated carbocycles. The Balaban J connectivity index is 1.77. The highest BCUT2D eigenvalue weighted by Gasteiger charge is 2.27. The van der Waals surface area contributed by atoms with E-state index in [0.29, 0.717) is 13.2 Å². The van der Waals surface area contributed by atoms with E-state index in [9.17, 15) is 4.79 Å². The van der Waals surface area contributed by atoms with Crippen molar-refractivity contribution in [2.75, 3.05) is 39.4 Å². The zero-order valence-corrected chi connectivity index (χ0v) is 15.4. The van der Waals surface area contributed by atoms with Crippen molar-refractivity contribution in [3.05, 3.63) is 47.5 Å². The molecule has 5 heteroatoms. The Morgan fingerprint density at radius 3 is 1.62 bits per heavy atom. The van der Waals surface area contributed by atoms with E-state index in [0.717, 1.165) is 59.9 Å². The molecule has 5 nitrogen and oxygen atoms in total. The first-order valence-electron chi connectivity index (χ1n) is 9.24. The van der Waals surface area contributed by atoms with Crippen LogP contribution in [0.3, 0.4) is 0 Å². The summed E-state index contributed by atoms with van der Waals surface area (Å²) in [5, 5.41) is 6.46. The molecule has 0 amide bonds. The lowest BCUT2D eigenvalue weighted by Gasteiger charge is -2.10. The number of nitrogens with one attached hydrogen (secondary N) is 2. The monoisotopic (exact) mass is 354 g/mol. The minimum Gasteiger partial charge on any atom is -0.492 e. The number of carbonyl (C=O) groups excluding carboxylic acids is 1. The molecule has 0 unspecified atom stereocenters. The quantitative estimate of drug-likeness (QED) is 0.548. The number of likely N-dealkylation sites (N-methyl/N-ethyl adjacent to an activating group) is 2. The zero-order valence-electron chi connectivity index (χ0n) is 15.4. The van der Waals surface area contributed by atoms with Crippen LogP contribution in [0.4, 0.5) is 0 Å². The van der Waals surface area contributed by atoms with Gasteiger partial charge in [0.25, 0.3) is 0 Å². The third-order valence-electron chi connectivity index (χ3n) is 4.36. The Morgan fingerprint density at radius 2 is 1.19 bits per heavy atom. The Bertz CT molecular complexity index is 710. The SMILES string of the molecule is CCNCCOc1ccc2c(c1)-c1cc(OCCNCC)ccc1C2=O. The lowest BCUT2D eigenvalue weighted by Crippen LogP contribution is -2.20. The van der Waals surface area contributed by atoms with Crippen LogP contribution in [0.15, 0.2) is 36.4 Å². The lowest BCUT2D eigenvalue weighted by molar-refractivity contribution is 0.104. The van der Waals surface area contributed by atoms with Gasteiger partial charge in [0.2, 0.25) is 0 Å². The molecule has 0 atom stereocenters. The number of fused-ring (bicyclic) bond motifs is 3. The second-order valence-corrected chi connectivity index (χ2v) is 6.15. The van der Waals surface area contributed by atoms with Gasteiger partial charge in [0.05, 0.1) is 0 Å². The first-order valence-corrected chi connectivity index (χ1v) is 9.24. The summed E-state index contributed by atoms with van der Waals surface area (Å²) in [6.07, 6.45) is 0. The van der Waals surface area contributed by atoms with Gasteiger partial charge in [0.15, 0.2) is 5.78 Å². The van der Waals surface area contributed by atoms with Gasteiger partial charge >= 0.3 is 0 Å². The summed E-state index contributed by atoms with van der Waals surface area (Å²) in [6, 6.07) is 11.3. The second kappa shape index (κ2) is 8.83. The Hall–Kier alpha value is -2.37. The van der Waals surface area contributed by atoms with E-state index in [1.807, 2.05) is 36.4 Å². The molecule has 0 bridgehead atoms. The van der Waals surface area contributed by atoms with Crippen LogP contribution in [-0.2, 0) is 0 Å². The van der Waals surface area contributed by atoms with Crippen molar-refractivity contribution in [1.82, 2.24) is 10.6 Å². The molecule has 26 heavy (non-hydrogen) atoms. The van der Waals surface area contributed by atoms with Crippen molar-refractivity contribution < 1.29 is 14.3 Å². The molecule has 2 aromatic rings. The van der Waals surface area contributed by atoms with Crippen LogP contribution < -0.4 is 20.1 Å². The topological polar surface area (TPSA) is 59.6 Å². The molecule has 0 aromatic heterocycles. The van der Waals surface area contributed by atoms with E-state index in [1.165, 1.54) is 0 Å². The molecule has 2 N–H and O–H groups in total. The summed E-state index contributed by atoms with van der Waals surface area (Å²) >= 11 is 0. The van der Waals surface area contributed by atoms with Gasteiger partial charge in [0, 0.05) is 24.2 Å². The number of rotatable bonds is 10. The van der Waals surface area contributed by atoms with Gasteiger partial charge in [-0.15, -0.1) is 0 Å². The highest BCUT2D eigenvalue weighted by molar-refractivity contribution is 6.21. The number of hydrogen-bond donors (Lipinski definition) is 2. The molecule has 0 fully saturated rings. The van der Waals surface area contributed by atoms with Crippen LogP contribution in [-0.4, -0.2) is 45.2 Å². The minimum absolute atomic E-state index is 0.0633. The zero-order chi connectivity index (χ0) is 18.4. The highest BCUT2D eigenvalue weighted by atomic mass is 16.5. The van der Waals surface area contributed by atoms with E-state index in [2.05, 4.69) is 24.5 Å². The molecule has 0 heterocycles. The summed E-state index contributed by atoms with van der Waals surface area (Å²) in [5.41, 5.74) is 3.29. The number of ketones is 1. The van der Waals surface area contributed by atoms with Gasteiger partial charge in [0.1, 0.15) is 24.7 Å². The van der Waals surface area contributed by atoms with Crippen molar-refractivity contribution in [1.29, 1.82) is 0 Å². The summed E-state index contributed by atoms with van der Waals surface area (Å²) in [7, 11) is 0. The van der Waals surface area contributed by atoms with Gasteiger partial charge in [-0.1, -0.05) is 13.8 Å². The lowest BCUT2D eigenvalue weighted by atomic mass is 10.1. The number of benzene rings is 2. The van der Waals surface area contributed by atoms with Crippen LogP contribution in [0, 0.1) is 0 Å². The molecule has 1 aliphatic carbocycles. The average molecular weight is 354 g/mol. The van der Waals surface area contributed by atoms with Gasteiger partial charge in [-0.2, -0.15) is 0 Å². The fourth-order valence-corrected chi connectivity index (χ4v) is 3.05. The predicted octanol–water partition coefficient (Wildman–Crippen LogP) is 2.87. The maximum Gasteiger partial charge on any atom is 0.194 e. The van der Waals surface area contributed by atoms with E-state index in [-0.39, 0.29) is 5.78 Å². The molecule has 1 aliphatic rings. The maximum absolute atomic E-state index is 12.6. The summed E-state index contributed by atoms with van der Waals surface area (Å²) in [4.78, 5) is 12.6. The van der Waals surface area contributed by atoms with Crippen molar-refractivity contribution in [2.24, 2.45) is 0 Å². The summed E-state index contributed by atoms with van der Waals surface area (Å²) in [5.74, 6) is 1.62. The van der Waals surface area contributed by atoms with E-state index < -0.39 is 0 Å². The van der Waals surface area contributed by atoms with Crippen LogP contribution in [0.5, 0.6) is 11.5 Å². The summed E-state index contributed by atoms with van der Waals surface area (Å²) in [6.45, 7) is 8.77. The minimum atomic E-state index is 0.0633. The van der Waals surface area contributed by atoms with E-state index in [4.69, 9.17) is 9.47 Å². The Labute approximate surface area is 154 Å². The third kappa shape index (κ3) is 4.06. The predicted molar refractivity (Wildman–Crippen MR) is 103 cm³/mol. The molecule has 138 valence electrons. The highest BCUT2D eigenvalue weighted by Crippen LogP contribution is 2.40. The van der Waals surface area contributed by atoms with E-state index >= 15 is 0 Å². The summed E-state index contributed by atoms with van der Waals surface area (Å²) < 4.78 is 11.6. The standard InChI is InChI=1S/C21H26N2O3/c1-3-22-9-11-25-15-5-7-17-19(13-15)20-14-16(26-12-10-23-4-2)6-8-18(20)21(17)24/h5-8,13-14,22-23H,3-4,9-12H2,1-2H3. The first kappa shape index (κ1) is 18.4. The van der Waals surface area contributed by atoms with Gasteiger partial charge in [-0.25, -0.2) is 0 Å². The third-order valence-corrected chi connectivity index (χ3v) is 4.36. The van der Waals surface area contributed by atoms with Crippen molar-refractivity contribution >= 4 is 5.78 Å². The molecule has 0 spiro atoms. The molecule has 0 aliphatic heterocycles.